The Morgan fingerprint density at radius 3 is 2.50 bits per heavy atom. The highest BCUT2D eigenvalue weighted by molar-refractivity contribution is 8.00. The summed E-state index contributed by atoms with van der Waals surface area (Å²) in [6.07, 6.45) is 0. The molecule has 0 bridgehead atoms. The van der Waals surface area contributed by atoms with Crippen molar-refractivity contribution in [2.45, 2.75) is 39.6 Å². The van der Waals surface area contributed by atoms with E-state index in [1.807, 2.05) is 20.8 Å². The highest BCUT2D eigenvalue weighted by Gasteiger charge is 2.17. The van der Waals surface area contributed by atoms with Crippen molar-refractivity contribution in [3.63, 3.8) is 0 Å². The van der Waals surface area contributed by atoms with Gasteiger partial charge in [-0.1, -0.05) is 11.8 Å². The molecular weight excluding hydrogens is 384 g/mol. The van der Waals surface area contributed by atoms with Gasteiger partial charge in [-0.3, -0.25) is 4.79 Å². The van der Waals surface area contributed by atoms with Crippen LogP contribution in [0.4, 0.5) is 5.00 Å². The van der Waals surface area contributed by atoms with E-state index in [0.717, 1.165) is 25.7 Å². The van der Waals surface area contributed by atoms with Gasteiger partial charge in [-0.25, -0.2) is 9.97 Å². The third-order valence-electron chi connectivity index (χ3n) is 4.20. The van der Waals surface area contributed by atoms with E-state index in [1.165, 1.54) is 33.5 Å². The second-order valence-corrected chi connectivity index (χ2v) is 9.37. The van der Waals surface area contributed by atoms with E-state index in [9.17, 15) is 10.1 Å². The molecule has 0 aliphatic rings. The molecule has 0 fully saturated rings. The first-order valence-electron chi connectivity index (χ1n) is 7.99. The Bertz CT molecular complexity index is 1060. The molecule has 3 aromatic rings. The lowest BCUT2D eigenvalue weighted by atomic mass is 10.2. The second-order valence-electron chi connectivity index (χ2n) is 5.98. The molecule has 0 spiro atoms. The van der Waals surface area contributed by atoms with Crippen LogP contribution >= 0.6 is 34.4 Å². The molecule has 26 heavy (non-hydrogen) atoms. The van der Waals surface area contributed by atoms with E-state index in [2.05, 4.69) is 35.2 Å². The fraction of sp³-hybridized carbons (Fsp3) is 0.333. The van der Waals surface area contributed by atoms with Gasteiger partial charge < -0.3 is 5.32 Å². The number of hydrogen-bond donors (Lipinski definition) is 1. The van der Waals surface area contributed by atoms with Crippen molar-refractivity contribution >= 4 is 55.6 Å². The SMILES string of the molecule is Cc1nc(SCC(=O)Nc2sc(C)c(C)c2C#N)c2c(C)c(C)sc2n1. The highest BCUT2D eigenvalue weighted by Crippen LogP contribution is 2.35. The molecule has 0 aliphatic heterocycles. The molecule has 0 saturated carbocycles. The maximum Gasteiger partial charge on any atom is 0.235 e. The molecule has 3 heterocycles. The summed E-state index contributed by atoms with van der Waals surface area (Å²) >= 11 is 4.50. The molecule has 0 saturated heterocycles. The van der Waals surface area contributed by atoms with Crippen LogP contribution in [0.15, 0.2) is 5.03 Å². The molecule has 5 nitrogen and oxygen atoms in total. The standard InChI is InChI=1S/C18H18N4OS3/c1-8-10(3)25-16(13(8)6-19)22-14(23)7-24-17-15-9(2)11(4)26-18(15)21-12(5)20-17/h7H2,1-5H3,(H,22,23). The fourth-order valence-corrected chi connectivity index (χ4v) is 5.66. The lowest BCUT2D eigenvalue weighted by Crippen LogP contribution is -2.14. The normalized spacial score (nSPS) is 10.9. The topological polar surface area (TPSA) is 78.7 Å². The molecule has 8 heteroatoms. The number of thiophene rings is 2. The molecule has 3 aromatic heterocycles. The Hall–Kier alpha value is -1.95. The Labute approximate surface area is 164 Å². The maximum atomic E-state index is 12.4. The van der Waals surface area contributed by atoms with E-state index >= 15 is 0 Å². The predicted octanol–water partition coefficient (Wildman–Crippen LogP) is 4.90. The van der Waals surface area contributed by atoms with Gasteiger partial charge in [0.25, 0.3) is 0 Å². The zero-order valence-electron chi connectivity index (χ0n) is 15.2. The van der Waals surface area contributed by atoms with Gasteiger partial charge in [0.15, 0.2) is 0 Å². The Morgan fingerprint density at radius 1 is 1.12 bits per heavy atom. The van der Waals surface area contributed by atoms with Crippen molar-refractivity contribution in [2.24, 2.45) is 0 Å². The summed E-state index contributed by atoms with van der Waals surface area (Å²) in [7, 11) is 0. The lowest BCUT2D eigenvalue weighted by molar-refractivity contribution is -0.113. The number of amides is 1. The molecule has 1 N–H and O–H groups in total. The fourth-order valence-electron chi connectivity index (χ4n) is 2.57. The third kappa shape index (κ3) is 3.47. The van der Waals surface area contributed by atoms with Crippen LogP contribution in [0.2, 0.25) is 0 Å². The number of nitrogens with one attached hydrogen (secondary N) is 1. The molecule has 0 radical (unpaired) electrons. The van der Waals surface area contributed by atoms with E-state index < -0.39 is 0 Å². The molecule has 0 aliphatic carbocycles. The average molecular weight is 403 g/mol. The minimum Gasteiger partial charge on any atom is -0.316 e. The predicted molar refractivity (Wildman–Crippen MR) is 109 cm³/mol. The van der Waals surface area contributed by atoms with Crippen molar-refractivity contribution < 1.29 is 4.79 Å². The Morgan fingerprint density at radius 2 is 1.81 bits per heavy atom. The smallest absolute Gasteiger partial charge is 0.235 e. The van der Waals surface area contributed by atoms with E-state index in [-0.39, 0.29) is 11.7 Å². The van der Waals surface area contributed by atoms with E-state index in [0.29, 0.717) is 16.4 Å². The molecule has 3 rings (SSSR count). The molecule has 1 amide bonds. The van der Waals surface area contributed by atoms with Gasteiger partial charge in [-0.15, -0.1) is 22.7 Å². The van der Waals surface area contributed by atoms with Gasteiger partial charge in [0.05, 0.1) is 11.3 Å². The van der Waals surface area contributed by atoms with Gasteiger partial charge in [-0.2, -0.15) is 5.26 Å². The zero-order valence-corrected chi connectivity index (χ0v) is 17.6. The number of rotatable bonds is 4. The second kappa shape index (κ2) is 7.35. The van der Waals surface area contributed by atoms with E-state index in [1.54, 1.807) is 11.3 Å². The summed E-state index contributed by atoms with van der Waals surface area (Å²) in [6.45, 7) is 9.85. The van der Waals surface area contributed by atoms with Gasteiger partial charge in [0.2, 0.25) is 5.91 Å². The quantitative estimate of drug-likeness (QED) is 0.496. The Balaban J connectivity index is 1.80. The highest BCUT2D eigenvalue weighted by atomic mass is 32.2. The molecule has 0 unspecified atom stereocenters. The minimum atomic E-state index is -0.137. The number of aryl methyl sites for hydroxylation is 4. The average Bonchev–Trinajstić information content (AvgIpc) is 3.01. The number of fused-ring (bicyclic) bond motifs is 1. The van der Waals surface area contributed by atoms with Crippen LogP contribution in [0.3, 0.4) is 0 Å². The number of thioether (sulfide) groups is 1. The first kappa shape index (κ1) is 18.8. The summed E-state index contributed by atoms with van der Waals surface area (Å²) in [6, 6.07) is 2.18. The first-order chi connectivity index (χ1) is 12.3. The number of carbonyl (C=O) groups is 1. The number of nitrogens with zero attached hydrogens (tertiary/aromatic N) is 3. The van der Waals surface area contributed by atoms with Crippen LogP contribution in [0, 0.1) is 45.9 Å². The van der Waals surface area contributed by atoms with Crippen molar-refractivity contribution in [3.05, 3.63) is 32.3 Å². The number of aromatic nitrogens is 2. The number of hydrogen-bond acceptors (Lipinski definition) is 7. The van der Waals surface area contributed by atoms with E-state index in [4.69, 9.17) is 0 Å². The molecule has 0 aromatic carbocycles. The van der Waals surface area contributed by atoms with Gasteiger partial charge in [-0.05, 0) is 45.7 Å². The van der Waals surface area contributed by atoms with Crippen LogP contribution in [-0.4, -0.2) is 21.6 Å². The summed E-state index contributed by atoms with van der Waals surface area (Å²) in [4.78, 5) is 24.7. The van der Waals surface area contributed by atoms with Crippen LogP contribution in [0.25, 0.3) is 10.2 Å². The van der Waals surface area contributed by atoms with Crippen LogP contribution in [0.5, 0.6) is 0 Å². The third-order valence-corrected chi connectivity index (χ3v) is 7.40. The summed E-state index contributed by atoms with van der Waals surface area (Å²) in [5.74, 6) is 0.806. The van der Waals surface area contributed by atoms with Crippen LogP contribution in [-0.2, 0) is 4.79 Å². The number of nitriles is 1. The number of anilines is 1. The van der Waals surface area contributed by atoms with Crippen molar-refractivity contribution in [1.82, 2.24) is 9.97 Å². The summed E-state index contributed by atoms with van der Waals surface area (Å²) in [5, 5.41) is 14.7. The molecule has 0 atom stereocenters. The van der Waals surface area contributed by atoms with Gasteiger partial charge >= 0.3 is 0 Å². The van der Waals surface area contributed by atoms with Crippen LogP contribution in [0.1, 0.15) is 32.3 Å². The minimum absolute atomic E-state index is 0.137. The maximum absolute atomic E-state index is 12.4. The largest absolute Gasteiger partial charge is 0.316 e. The van der Waals surface area contributed by atoms with Crippen molar-refractivity contribution in [2.75, 3.05) is 11.1 Å². The monoisotopic (exact) mass is 402 g/mol. The van der Waals surface area contributed by atoms with Crippen molar-refractivity contribution in [1.29, 1.82) is 5.26 Å². The molecular formula is C18H18N4OS3. The number of carbonyl (C=O) groups excluding carboxylic acids is 1. The van der Waals surface area contributed by atoms with Gasteiger partial charge in [0, 0.05) is 15.1 Å². The molecule has 134 valence electrons. The summed E-state index contributed by atoms with van der Waals surface area (Å²) < 4.78 is 0. The Kier molecular flexibility index (Phi) is 5.32. The summed E-state index contributed by atoms with van der Waals surface area (Å²) in [5.41, 5.74) is 2.65. The van der Waals surface area contributed by atoms with Crippen molar-refractivity contribution in [3.8, 4) is 6.07 Å². The van der Waals surface area contributed by atoms with Crippen LogP contribution < -0.4 is 5.32 Å². The zero-order chi connectivity index (χ0) is 19.0. The van der Waals surface area contributed by atoms with Gasteiger partial charge in [0.1, 0.15) is 26.8 Å². The first-order valence-corrected chi connectivity index (χ1v) is 10.6. The lowest BCUT2D eigenvalue weighted by Gasteiger charge is -2.06.